The van der Waals surface area contributed by atoms with E-state index in [2.05, 4.69) is 15.9 Å². The Bertz CT molecular complexity index is 483. The van der Waals surface area contributed by atoms with E-state index >= 15 is 0 Å². The van der Waals surface area contributed by atoms with E-state index in [0.717, 1.165) is 15.6 Å². The Morgan fingerprint density at radius 2 is 2.00 bits per heavy atom. The molecule has 0 saturated carbocycles. The van der Waals surface area contributed by atoms with Crippen molar-refractivity contribution in [1.82, 2.24) is 0 Å². The van der Waals surface area contributed by atoms with Crippen molar-refractivity contribution in [2.24, 2.45) is 0 Å². The Hall–Kier alpha value is -0.680. The highest BCUT2D eigenvalue weighted by Gasteiger charge is 2.33. The van der Waals surface area contributed by atoms with Gasteiger partial charge in [-0.15, -0.1) is 0 Å². The van der Waals surface area contributed by atoms with Crippen LogP contribution in [0.5, 0.6) is 0 Å². The van der Waals surface area contributed by atoms with E-state index in [0.29, 0.717) is 0 Å². The van der Waals surface area contributed by atoms with Crippen LogP contribution in [0, 0.1) is 0 Å². The molecule has 17 heavy (non-hydrogen) atoms. The molecule has 0 saturated heterocycles. The number of rotatable bonds is 4. The number of benzene rings is 1. The van der Waals surface area contributed by atoms with Gasteiger partial charge in [0.1, 0.15) is 5.60 Å². The molecule has 1 aromatic carbocycles. The van der Waals surface area contributed by atoms with Crippen LogP contribution in [-0.2, 0) is 10.3 Å². The van der Waals surface area contributed by atoms with Gasteiger partial charge in [0.25, 0.3) is 0 Å². The largest absolute Gasteiger partial charge is 0.381 e. The Morgan fingerprint density at radius 3 is 2.53 bits per heavy atom. The third kappa shape index (κ3) is 2.45. The molecule has 1 unspecified atom stereocenters. The highest BCUT2D eigenvalue weighted by Crippen LogP contribution is 2.36. The average molecular weight is 313 g/mol. The lowest BCUT2D eigenvalue weighted by Gasteiger charge is -2.28. The van der Waals surface area contributed by atoms with Crippen LogP contribution < -0.4 is 0 Å². The monoisotopic (exact) mass is 312 g/mol. The van der Waals surface area contributed by atoms with Crippen molar-refractivity contribution in [3.63, 3.8) is 0 Å². The molecule has 1 N–H and O–H groups in total. The summed E-state index contributed by atoms with van der Waals surface area (Å²) in [5.41, 5.74) is 0.575. The SMILES string of the molecule is COCC(O)(c1ccccc1)c1cscc1Br. The molecule has 0 radical (unpaired) electrons. The van der Waals surface area contributed by atoms with E-state index < -0.39 is 5.60 Å². The van der Waals surface area contributed by atoms with Crippen LogP contribution in [0.4, 0.5) is 0 Å². The van der Waals surface area contributed by atoms with E-state index in [1.54, 1.807) is 18.4 Å². The van der Waals surface area contributed by atoms with Gasteiger partial charge in [-0.3, -0.25) is 0 Å². The zero-order valence-corrected chi connectivity index (χ0v) is 11.8. The molecule has 2 aromatic rings. The van der Waals surface area contributed by atoms with Crippen LogP contribution in [0.2, 0.25) is 0 Å². The summed E-state index contributed by atoms with van der Waals surface area (Å²) in [6, 6.07) is 9.57. The maximum atomic E-state index is 10.9. The fourth-order valence-corrected chi connectivity index (χ4v) is 3.51. The van der Waals surface area contributed by atoms with Crippen molar-refractivity contribution in [1.29, 1.82) is 0 Å². The molecule has 0 aliphatic heterocycles. The third-order valence-electron chi connectivity index (χ3n) is 2.66. The molecular weight excluding hydrogens is 300 g/mol. The highest BCUT2D eigenvalue weighted by molar-refractivity contribution is 9.10. The molecule has 90 valence electrons. The molecule has 0 fully saturated rings. The lowest BCUT2D eigenvalue weighted by atomic mass is 9.89. The standard InChI is InChI=1S/C13H13BrO2S/c1-16-9-13(15,10-5-3-2-4-6-10)11-7-17-8-12(11)14/h2-8,15H,9H2,1H3. The molecule has 0 amide bonds. The number of ether oxygens (including phenoxy) is 1. The van der Waals surface area contributed by atoms with Crippen molar-refractivity contribution in [3.05, 3.63) is 56.7 Å². The van der Waals surface area contributed by atoms with Crippen molar-refractivity contribution in [2.45, 2.75) is 5.60 Å². The number of hydrogen-bond donors (Lipinski definition) is 1. The number of halogens is 1. The van der Waals surface area contributed by atoms with Crippen LogP contribution in [0.3, 0.4) is 0 Å². The number of hydrogen-bond acceptors (Lipinski definition) is 3. The van der Waals surface area contributed by atoms with Gasteiger partial charge >= 0.3 is 0 Å². The second-order valence-electron chi connectivity index (χ2n) is 3.79. The minimum Gasteiger partial charge on any atom is -0.381 e. The van der Waals surface area contributed by atoms with Gasteiger partial charge in [-0.25, -0.2) is 0 Å². The molecule has 0 spiro atoms. The van der Waals surface area contributed by atoms with Gasteiger partial charge in [-0.05, 0) is 26.9 Å². The summed E-state index contributed by atoms with van der Waals surface area (Å²) in [4.78, 5) is 0. The minimum atomic E-state index is -1.10. The van der Waals surface area contributed by atoms with Crippen LogP contribution in [0.1, 0.15) is 11.1 Å². The first kappa shape index (κ1) is 12.8. The summed E-state index contributed by atoms with van der Waals surface area (Å²) in [5, 5.41) is 14.8. The second-order valence-corrected chi connectivity index (χ2v) is 5.39. The number of methoxy groups -OCH3 is 1. The Morgan fingerprint density at radius 1 is 1.29 bits per heavy atom. The Kier molecular flexibility index (Phi) is 3.99. The van der Waals surface area contributed by atoms with Crippen molar-refractivity contribution >= 4 is 27.3 Å². The number of aliphatic hydroxyl groups is 1. The second kappa shape index (κ2) is 5.31. The number of thiophene rings is 1. The third-order valence-corrected chi connectivity index (χ3v) is 4.37. The topological polar surface area (TPSA) is 29.5 Å². The van der Waals surface area contributed by atoms with Gasteiger partial charge in [-0.2, -0.15) is 11.3 Å². The molecule has 1 heterocycles. The zero-order chi connectivity index (χ0) is 12.3. The molecule has 0 bridgehead atoms. The molecule has 0 aliphatic rings. The van der Waals surface area contributed by atoms with Crippen molar-refractivity contribution < 1.29 is 9.84 Å². The fraction of sp³-hybridized carbons (Fsp3) is 0.231. The van der Waals surface area contributed by atoms with Gasteiger partial charge in [0, 0.05) is 22.5 Å². The molecule has 1 aromatic heterocycles. The predicted molar refractivity (Wildman–Crippen MR) is 73.3 cm³/mol. The fourth-order valence-electron chi connectivity index (χ4n) is 1.82. The first-order chi connectivity index (χ1) is 8.18. The van der Waals surface area contributed by atoms with Gasteiger partial charge in [-0.1, -0.05) is 30.3 Å². The Labute approximate surface area is 113 Å². The van der Waals surface area contributed by atoms with Crippen LogP contribution >= 0.6 is 27.3 Å². The highest BCUT2D eigenvalue weighted by atomic mass is 79.9. The lowest BCUT2D eigenvalue weighted by molar-refractivity contribution is -0.00346. The van der Waals surface area contributed by atoms with Gasteiger partial charge in [0.15, 0.2) is 0 Å². The maximum Gasteiger partial charge on any atom is 0.140 e. The van der Waals surface area contributed by atoms with Gasteiger partial charge in [0.05, 0.1) is 6.61 Å². The predicted octanol–water partition coefficient (Wildman–Crippen LogP) is 3.39. The Balaban J connectivity index is 2.50. The first-order valence-electron chi connectivity index (χ1n) is 5.17. The average Bonchev–Trinajstić information content (AvgIpc) is 2.77. The van der Waals surface area contributed by atoms with Crippen molar-refractivity contribution in [2.75, 3.05) is 13.7 Å². The zero-order valence-electron chi connectivity index (χ0n) is 9.39. The van der Waals surface area contributed by atoms with E-state index in [9.17, 15) is 5.11 Å². The van der Waals surface area contributed by atoms with E-state index in [-0.39, 0.29) is 6.61 Å². The molecular formula is C13H13BrO2S. The van der Waals surface area contributed by atoms with E-state index in [1.165, 1.54) is 0 Å². The van der Waals surface area contributed by atoms with Gasteiger partial charge < -0.3 is 9.84 Å². The first-order valence-corrected chi connectivity index (χ1v) is 6.91. The molecule has 1 atom stereocenters. The lowest BCUT2D eigenvalue weighted by Crippen LogP contribution is -2.32. The maximum absolute atomic E-state index is 10.9. The summed E-state index contributed by atoms with van der Waals surface area (Å²) in [6.07, 6.45) is 0. The van der Waals surface area contributed by atoms with Gasteiger partial charge in [0.2, 0.25) is 0 Å². The summed E-state index contributed by atoms with van der Waals surface area (Å²) >= 11 is 5.02. The minimum absolute atomic E-state index is 0.229. The quantitative estimate of drug-likeness (QED) is 0.937. The normalized spacial score (nSPS) is 14.5. The molecule has 0 aliphatic carbocycles. The van der Waals surface area contributed by atoms with E-state index in [4.69, 9.17) is 4.74 Å². The van der Waals surface area contributed by atoms with E-state index in [1.807, 2.05) is 41.1 Å². The molecule has 2 rings (SSSR count). The van der Waals surface area contributed by atoms with Crippen LogP contribution in [-0.4, -0.2) is 18.8 Å². The summed E-state index contributed by atoms with van der Waals surface area (Å²) in [7, 11) is 1.59. The summed E-state index contributed by atoms with van der Waals surface area (Å²) in [5.74, 6) is 0. The van der Waals surface area contributed by atoms with Crippen LogP contribution in [0.15, 0.2) is 45.6 Å². The van der Waals surface area contributed by atoms with Crippen molar-refractivity contribution in [3.8, 4) is 0 Å². The molecule has 4 heteroatoms. The summed E-state index contributed by atoms with van der Waals surface area (Å²) in [6.45, 7) is 0.229. The summed E-state index contributed by atoms with van der Waals surface area (Å²) < 4.78 is 6.08. The smallest absolute Gasteiger partial charge is 0.140 e. The van der Waals surface area contributed by atoms with Crippen LogP contribution in [0.25, 0.3) is 0 Å². The molecule has 2 nitrogen and oxygen atoms in total.